The predicted molar refractivity (Wildman–Crippen MR) is 128 cm³/mol. The summed E-state index contributed by atoms with van der Waals surface area (Å²) in [7, 11) is 0. The van der Waals surface area contributed by atoms with Crippen LogP contribution in [-0.4, -0.2) is 34.0 Å². The molecule has 1 aromatic heterocycles. The van der Waals surface area contributed by atoms with Crippen molar-refractivity contribution in [1.29, 1.82) is 0 Å². The minimum atomic E-state index is -0.958. The number of pyridine rings is 1. The number of amides is 1. The number of rotatable bonds is 3. The van der Waals surface area contributed by atoms with Gasteiger partial charge in [0.2, 0.25) is 5.91 Å². The van der Waals surface area contributed by atoms with Crippen LogP contribution in [0.25, 0.3) is 0 Å². The third-order valence-electron chi connectivity index (χ3n) is 8.35. The van der Waals surface area contributed by atoms with Gasteiger partial charge in [0.15, 0.2) is 0 Å². The number of piperidine rings is 1. The molecule has 1 fully saturated rings. The van der Waals surface area contributed by atoms with E-state index >= 15 is 0 Å². The number of hydrogen-bond donors (Lipinski definition) is 1. The van der Waals surface area contributed by atoms with E-state index in [0.29, 0.717) is 18.1 Å². The smallest absolute Gasteiger partial charge is 0.237 e. The Morgan fingerprint density at radius 3 is 2.61 bits per heavy atom. The van der Waals surface area contributed by atoms with Crippen LogP contribution in [0.15, 0.2) is 67.0 Å². The van der Waals surface area contributed by atoms with Crippen molar-refractivity contribution < 1.29 is 9.90 Å². The molecule has 1 aliphatic heterocycles. The number of fused-ring (bicyclic) bond motifs is 8. The quantitative estimate of drug-likeness (QED) is 0.599. The molecule has 3 aliphatic rings. The zero-order chi connectivity index (χ0) is 22.8. The molecule has 1 saturated heterocycles. The van der Waals surface area contributed by atoms with Crippen molar-refractivity contribution in [3.05, 3.63) is 99.8 Å². The molecule has 2 unspecified atom stereocenters. The van der Waals surface area contributed by atoms with Gasteiger partial charge in [0.05, 0.1) is 5.60 Å². The summed E-state index contributed by atoms with van der Waals surface area (Å²) in [4.78, 5) is 20.5. The van der Waals surface area contributed by atoms with Crippen LogP contribution in [0.2, 0.25) is 5.02 Å². The molecule has 1 amide bonds. The number of aliphatic hydroxyl groups is 1. The summed E-state index contributed by atoms with van der Waals surface area (Å²) in [6.07, 6.45) is 5.77. The average Bonchev–Trinajstić information content (AvgIpc) is 3.37. The first kappa shape index (κ1) is 20.9. The zero-order valence-corrected chi connectivity index (χ0v) is 19.4. The van der Waals surface area contributed by atoms with Gasteiger partial charge < -0.3 is 10.0 Å². The number of halogens is 1. The largest absolute Gasteiger partial charge is 0.385 e. The Balaban J connectivity index is 1.31. The first-order valence-corrected chi connectivity index (χ1v) is 12.1. The van der Waals surface area contributed by atoms with Crippen LogP contribution >= 0.6 is 11.6 Å². The van der Waals surface area contributed by atoms with Crippen LogP contribution in [0.1, 0.15) is 59.9 Å². The van der Waals surface area contributed by atoms with E-state index in [1.54, 1.807) is 12.4 Å². The molecule has 0 spiro atoms. The molecule has 2 aliphatic carbocycles. The molecule has 3 aromatic rings. The van der Waals surface area contributed by atoms with Gasteiger partial charge in [-0.1, -0.05) is 48.0 Å². The number of hydrogen-bond acceptors (Lipinski definition) is 3. The van der Waals surface area contributed by atoms with Crippen molar-refractivity contribution in [1.82, 2.24) is 9.88 Å². The van der Waals surface area contributed by atoms with Gasteiger partial charge in [-0.3, -0.25) is 9.78 Å². The molecule has 168 valence electrons. The average molecular weight is 459 g/mol. The van der Waals surface area contributed by atoms with E-state index < -0.39 is 11.0 Å². The normalized spacial score (nSPS) is 25.4. The van der Waals surface area contributed by atoms with Crippen LogP contribution in [0.4, 0.5) is 0 Å². The van der Waals surface area contributed by atoms with Crippen molar-refractivity contribution in [2.75, 3.05) is 13.1 Å². The molecule has 1 N–H and O–H groups in total. The lowest BCUT2D eigenvalue weighted by Crippen LogP contribution is -2.51. The zero-order valence-electron chi connectivity index (χ0n) is 18.7. The molecule has 2 aromatic carbocycles. The minimum absolute atomic E-state index is 0.0807. The lowest BCUT2D eigenvalue weighted by Gasteiger charge is -2.42. The number of nitrogens with zero attached hydrogens (tertiary/aromatic N) is 2. The Hall–Kier alpha value is -2.69. The highest BCUT2D eigenvalue weighted by atomic mass is 35.5. The van der Waals surface area contributed by atoms with Crippen LogP contribution in [-0.2, 0) is 15.8 Å². The van der Waals surface area contributed by atoms with Crippen LogP contribution in [0.5, 0.6) is 0 Å². The molecular weight excluding hydrogens is 432 g/mol. The van der Waals surface area contributed by atoms with E-state index in [4.69, 9.17) is 11.6 Å². The number of carbonyl (C=O) groups excluding carboxylic acids is 1. The van der Waals surface area contributed by atoms with Crippen molar-refractivity contribution in [2.24, 2.45) is 5.92 Å². The second kappa shape index (κ2) is 7.41. The topological polar surface area (TPSA) is 53.4 Å². The maximum absolute atomic E-state index is 14.3. The number of aromatic nitrogens is 1. The summed E-state index contributed by atoms with van der Waals surface area (Å²) in [5.74, 6) is 0.511. The van der Waals surface area contributed by atoms with Crippen LogP contribution in [0, 0.1) is 5.92 Å². The summed E-state index contributed by atoms with van der Waals surface area (Å²) in [6, 6.07) is 18.2. The first-order chi connectivity index (χ1) is 15.9. The molecule has 0 saturated carbocycles. The lowest BCUT2D eigenvalue weighted by atomic mass is 9.73. The standard InChI is InChI=1S/C28H27ClN2O2/c1-27(33,19-5-4-12-30-17-19)18-10-13-31(14-11-18)26(32)28-16-23(21-6-2-3-7-24(21)28)22-9-8-20(29)15-25(22)28/h2-9,12,15,17-18,23,33H,10-11,13-14,16H2,1H3/t23?,27-,28?/m1/s1. The molecule has 33 heavy (non-hydrogen) atoms. The second-order valence-electron chi connectivity index (χ2n) is 9.94. The van der Waals surface area contributed by atoms with Crippen molar-refractivity contribution in [3.63, 3.8) is 0 Å². The highest BCUT2D eigenvalue weighted by Gasteiger charge is 2.58. The SMILES string of the molecule is C[C@](O)(c1cccnc1)C1CCN(C(=O)C23CC(c4ccccc42)c2ccc(Cl)cc23)CC1. The Bertz CT molecular complexity index is 1230. The van der Waals surface area contributed by atoms with Crippen LogP contribution in [0.3, 0.4) is 0 Å². The van der Waals surface area contributed by atoms with Gasteiger partial charge in [-0.15, -0.1) is 0 Å². The highest BCUT2D eigenvalue weighted by molar-refractivity contribution is 6.30. The van der Waals surface area contributed by atoms with Gasteiger partial charge in [-0.2, -0.15) is 0 Å². The Labute approximate surface area is 199 Å². The van der Waals surface area contributed by atoms with Crippen molar-refractivity contribution in [2.45, 2.75) is 43.1 Å². The summed E-state index contributed by atoms with van der Waals surface area (Å²) in [6.45, 7) is 3.16. The van der Waals surface area contributed by atoms with Gasteiger partial charge in [-0.25, -0.2) is 0 Å². The number of carbonyl (C=O) groups is 1. The van der Waals surface area contributed by atoms with Crippen LogP contribution < -0.4 is 0 Å². The fourth-order valence-electron chi connectivity index (χ4n) is 6.58. The summed E-state index contributed by atoms with van der Waals surface area (Å²) in [5.41, 5.74) is 3.95. The number of benzene rings is 2. The van der Waals surface area contributed by atoms with E-state index in [-0.39, 0.29) is 17.7 Å². The summed E-state index contributed by atoms with van der Waals surface area (Å²) in [5, 5.41) is 12.0. The molecule has 6 rings (SSSR count). The van der Waals surface area contributed by atoms with E-state index in [1.807, 2.05) is 42.2 Å². The van der Waals surface area contributed by atoms with Gasteiger partial charge >= 0.3 is 0 Å². The summed E-state index contributed by atoms with van der Waals surface area (Å²) < 4.78 is 0. The molecular formula is C28H27ClN2O2. The van der Waals surface area contributed by atoms with E-state index in [1.165, 1.54) is 11.1 Å². The maximum atomic E-state index is 14.3. The Morgan fingerprint density at radius 2 is 1.85 bits per heavy atom. The highest BCUT2D eigenvalue weighted by Crippen LogP contribution is 2.61. The van der Waals surface area contributed by atoms with E-state index in [0.717, 1.165) is 36.0 Å². The third kappa shape index (κ3) is 2.93. The number of likely N-dealkylation sites (tertiary alicyclic amines) is 1. The molecule has 0 radical (unpaired) electrons. The maximum Gasteiger partial charge on any atom is 0.237 e. The predicted octanol–water partition coefficient (Wildman–Crippen LogP) is 5.02. The first-order valence-electron chi connectivity index (χ1n) is 11.7. The van der Waals surface area contributed by atoms with Gasteiger partial charge in [0.1, 0.15) is 5.41 Å². The summed E-state index contributed by atoms with van der Waals surface area (Å²) >= 11 is 6.41. The van der Waals surface area contributed by atoms with Gasteiger partial charge in [0, 0.05) is 42.0 Å². The molecule has 4 nitrogen and oxygen atoms in total. The van der Waals surface area contributed by atoms with E-state index in [9.17, 15) is 9.90 Å². The van der Waals surface area contributed by atoms with Gasteiger partial charge in [-0.05, 0) is 72.6 Å². The molecule has 2 heterocycles. The third-order valence-corrected chi connectivity index (χ3v) is 8.58. The Morgan fingerprint density at radius 1 is 1.09 bits per heavy atom. The second-order valence-corrected chi connectivity index (χ2v) is 10.4. The van der Waals surface area contributed by atoms with Crippen molar-refractivity contribution in [3.8, 4) is 0 Å². The fraction of sp³-hybridized carbons (Fsp3) is 0.357. The minimum Gasteiger partial charge on any atom is -0.385 e. The molecule has 3 atom stereocenters. The molecule has 2 bridgehead atoms. The monoisotopic (exact) mass is 458 g/mol. The lowest BCUT2D eigenvalue weighted by molar-refractivity contribution is -0.139. The van der Waals surface area contributed by atoms with Crippen molar-refractivity contribution >= 4 is 17.5 Å². The fourth-order valence-corrected chi connectivity index (χ4v) is 6.75. The van der Waals surface area contributed by atoms with E-state index in [2.05, 4.69) is 29.2 Å². The van der Waals surface area contributed by atoms with Gasteiger partial charge in [0.25, 0.3) is 0 Å². The Kier molecular flexibility index (Phi) is 4.69. The molecule has 5 heteroatoms.